The quantitative estimate of drug-likeness (QED) is 0.516. The molecular weight excluding hydrogens is 412 g/mol. The Labute approximate surface area is 175 Å². The molecule has 0 saturated carbocycles. The standard InChI is InChI=1S/C19H20N4O4S2/c1-3-27-19(26)23-22-16(24)11(2)28-10-14-20-17(25)15-13(9-29-18(15)21-14)12-7-5-4-6-8-12/h4-9,11H,3,10H2,1-2H3,(H,22,24)(H,23,26)(H,20,21,25)/t11-/m1/s1. The lowest BCUT2D eigenvalue weighted by molar-refractivity contribution is -0.121. The van der Waals surface area contributed by atoms with E-state index in [-0.39, 0.29) is 18.1 Å². The van der Waals surface area contributed by atoms with E-state index in [0.29, 0.717) is 21.8 Å². The van der Waals surface area contributed by atoms with Crippen molar-refractivity contribution in [1.29, 1.82) is 0 Å². The Bertz CT molecular complexity index is 1070. The number of hydrogen-bond acceptors (Lipinski definition) is 7. The first kappa shape index (κ1) is 20.9. The lowest BCUT2D eigenvalue weighted by atomic mass is 10.1. The molecule has 1 aromatic carbocycles. The maximum Gasteiger partial charge on any atom is 0.426 e. The van der Waals surface area contributed by atoms with Gasteiger partial charge in [0, 0.05) is 10.9 Å². The molecule has 0 saturated heterocycles. The van der Waals surface area contributed by atoms with Gasteiger partial charge in [0.15, 0.2) is 0 Å². The zero-order valence-corrected chi connectivity index (χ0v) is 17.5. The number of benzene rings is 1. The topological polar surface area (TPSA) is 113 Å². The number of thioether (sulfide) groups is 1. The molecule has 1 atom stereocenters. The van der Waals surface area contributed by atoms with Crippen molar-refractivity contribution in [3.8, 4) is 11.1 Å². The monoisotopic (exact) mass is 432 g/mol. The highest BCUT2D eigenvalue weighted by molar-refractivity contribution is 7.99. The second kappa shape index (κ2) is 9.57. The highest BCUT2D eigenvalue weighted by Crippen LogP contribution is 2.30. The molecule has 0 unspecified atom stereocenters. The van der Waals surface area contributed by atoms with E-state index in [4.69, 9.17) is 0 Å². The van der Waals surface area contributed by atoms with Crippen molar-refractivity contribution < 1.29 is 14.3 Å². The fourth-order valence-corrected chi connectivity index (χ4v) is 4.27. The molecule has 0 aliphatic heterocycles. The van der Waals surface area contributed by atoms with E-state index in [0.717, 1.165) is 11.1 Å². The van der Waals surface area contributed by atoms with Gasteiger partial charge >= 0.3 is 6.09 Å². The molecule has 2 heterocycles. The van der Waals surface area contributed by atoms with Crippen molar-refractivity contribution in [2.24, 2.45) is 0 Å². The Balaban J connectivity index is 1.66. The average Bonchev–Trinajstić information content (AvgIpc) is 3.15. The van der Waals surface area contributed by atoms with Gasteiger partial charge in [-0.3, -0.25) is 15.0 Å². The molecule has 2 aromatic heterocycles. The number of aromatic amines is 1. The van der Waals surface area contributed by atoms with Gasteiger partial charge in [-0.25, -0.2) is 15.2 Å². The number of ether oxygens (including phenoxy) is 1. The summed E-state index contributed by atoms with van der Waals surface area (Å²) in [5.41, 5.74) is 6.08. The van der Waals surface area contributed by atoms with Gasteiger partial charge in [0.1, 0.15) is 10.7 Å². The molecule has 0 radical (unpaired) electrons. The summed E-state index contributed by atoms with van der Waals surface area (Å²) in [4.78, 5) is 43.9. The molecule has 3 N–H and O–H groups in total. The highest BCUT2D eigenvalue weighted by Gasteiger charge is 2.17. The van der Waals surface area contributed by atoms with Crippen molar-refractivity contribution in [3.05, 3.63) is 51.9 Å². The first-order chi connectivity index (χ1) is 14.0. The summed E-state index contributed by atoms with van der Waals surface area (Å²) in [6, 6.07) is 9.68. The van der Waals surface area contributed by atoms with Crippen molar-refractivity contribution >= 4 is 45.3 Å². The lowest BCUT2D eigenvalue weighted by Crippen LogP contribution is -2.45. The fraction of sp³-hybridized carbons (Fsp3) is 0.263. The second-order valence-corrected chi connectivity index (χ2v) is 8.18. The highest BCUT2D eigenvalue weighted by atomic mass is 32.2. The predicted octanol–water partition coefficient (Wildman–Crippen LogP) is 3.05. The van der Waals surface area contributed by atoms with Crippen LogP contribution in [-0.2, 0) is 15.3 Å². The molecule has 3 aromatic rings. The van der Waals surface area contributed by atoms with E-state index < -0.39 is 11.3 Å². The van der Waals surface area contributed by atoms with E-state index in [1.807, 2.05) is 35.7 Å². The maximum atomic E-state index is 12.6. The number of carbonyl (C=O) groups excluding carboxylic acids is 2. The van der Waals surface area contributed by atoms with E-state index in [1.54, 1.807) is 13.8 Å². The van der Waals surface area contributed by atoms with Crippen LogP contribution in [0.2, 0.25) is 0 Å². The zero-order chi connectivity index (χ0) is 20.8. The zero-order valence-electron chi connectivity index (χ0n) is 15.9. The van der Waals surface area contributed by atoms with Gasteiger partial charge < -0.3 is 9.72 Å². The van der Waals surface area contributed by atoms with Crippen LogP contribution in [0.3, 0.4) is 0 Å². The third kappa shape index (κ3) is 5.15. The van der Waals surface area contributed by atoms with Crippen LogP contribution in [-0.4, -0.2) is 33.8 Å². The molecule has 0 bridgehead atoms. The van der Waals surface area contributed by atoms with Gasteiger partial charge in [0.25, 0.3) is 11.5 Å². The van der Waals surface area contributed by atoms with Crippen LogP contribution >= 0.6 is 23.1 Å². The van der Waals surface area contributed by atoms with E-state index in [9.17, 15) is 14.4 Å². The summed E-state index contributed by atoms with van der Waals surface area (Å²) in [5.74, 6) is 0.457. The normalized spacial score (nSPS) is 11.8. The Hall–Kier alpha value is -2.85. The number of nitrogens with one attached hydrogen (secondary N) is 3. The largest absolute Gasteiger partial charge is 0.449 e. The number of hydrogen-bond donors (Lipinski definition) is 3. The smallest absolute Gasteiger partial charge is 0.426 e. The number of rotatable bonds is 6. The van der Waals surface area contributed by atoms with Crippen LogP contribution in [0.1, 0.15) is 19.7 Å². The summed E-state index contributed by atoms with van der Waals surface area (Å²) in [7, 11) is 0. The van der Waals surface area contributed by atoms with Gasteiger partial charge in [0.2, 0.25) is 0 Å². The Morgan fingerprint density at radius 3 is 2.76 bits per heavy atom. The molecule has 0 spiro atoms. The Morgan fingerprint density at radius 1 is 1.28 bits per heavy atom. The lowest BCUT2D eigenvalue weighted by Gasteiger charge is -2.12. The number of amides is 2. The van der Waals surface area contributed by atoms with Gasteiger partial charge in [-0.15, -0.1) is 23.1 Å². The summed E-state index contributed by atoms with van der Waals surface area (Å²) >= 11 is 2.70. The summed E-state index contributed by atoms with van der Waals surface area (Å²) in [6.45, 7) is 3.57. The second-order valence-electron chi connectivity index (χ2n) is 6.00. The first-order valence-corrected chi connectivity index (χ1v) is 10.8. The minimum absolute atomic E-state index is 0.202. The number of carbonyl (C=O) groups is 2. The molecule has 0 fully saturated rings. The third-order valence-electron chi connectivity index (χ3n) is 3.98. The average molecular weight is 433 g/mol. The molecule has 152 valence electrons. The predicted molar refractivity (Wildman–Crippen MR) is 115 cm³/mol. The van der Waals surface area contributed by atoms with E-state index in [2.05, 4.69) is 25.6 Å². The number of fused-ring (bicyclic) bond motifs is 1. The number of hydrazine groups is 1. The molecular formula is C19H20N4O4S2. The van der Waals surface area contributed by atoms with E-state index >= 15 is 0 Å². The summed E-state index contributed by atoms with van der Waals surface area (Å²) in [6.07, 6.45) is -0.721. The van der Waals surface area contributed by atoms with Gasteiger partial charge in [-0.05, 0) is 19.4 Å². The number of H-pyrrole nitrogens is 1. The van der Waals surface area contributed by atoms with Gasteiger partial charge in [0.05, 0.1) is 23.0 Å². The molecule has 0 aliphatic carbocycles. The van der Waals surface area contributed by atoms with E-state index in [1.165, 1.54) is 23.1 Å². The van der Waals surface area contributed by atoms with Gasteiger partial charge in [-0.2, -0.15) is 0 Å². The van der Waals surface area contributed by atoms with Crippen molar-refractivity contribution in [1.82, 2.24) is 20.8 Å². The fourth-order valence-electron chi connectivity index (χ4n) is 2.55. The molecule has 0 aliphatic rings. The van der Waals surface area contributed by atoms with Crippen molar-refractivity contribution in [3.63, 3.8) is 0 Å². The molecule has 8 nitrogen and oxygen atoms in total. The summed E-state index contributed by atoms with van der Waals surface area (Å²) < 4.78 is 4.67. The van der Waals surface area contributed by atoms with Gasteiger partial charge in [-0.1, -0.05) is 30.3 Å². The Kier molecular flexibility index (Phi) is 6.89. The van der Waals surface area contributed by atoms with Crippen molar-refractivity contribution in [2.45, 2.75) is 24.9 Å². The summed E-state index contributed by atoms with van der Waals surface area (Å²) in [5, 5.41) is 2.02. The van der Waals surface area contributed by atoms with Crippen LogP contribution in [0.4, 0.5) is 4.79 Å². The number of thiophene rings is 1. The molecule has 29 heavy (non-hydrogen) atoms. The SMILES string of the molecule is CCOC(=O)NNC(=O)[C@@H](C)SCc1nc2scc(-c3ccccc3)c2c(=O)[nH]1. The van der Waals surface area contributed by atoms with Crippen LogP contribution < -0.4 is 16.4 Å². The van der Waals surface area contributed by atoms with Crippen LogP contribution in [0.25, 0.3) is 21.3 Å². The number of nitrogens with zero attached hydrogens (tertiary/aromatic N) is 1. The molecule has 2 amide bonds. The van der Waals surface area contributed by atoms with Crippen LogP contribution in [0, 0.1) is 0 Å². The first-order valence-electron chi connectivity index (χ1n) is 8.89. The van der Waals surface area contributed by atoms with Crippen LogP contribution in [0.5, 0.6) is 0 Å². The Morgan fingerprint density at radius 2 is 2.03 bits per heavy atom. The minimum atomic E-state index is -0.721. The molecule has 3 rings (SSSR count). The number of aromatic nitrogens is 2. The molecule has 10 heteroatoms. The van der Waals surface area contributed by atoms with Crippen LogP contribution in [0.15, 0.2) is 40.5 Å². The van der Waals surface area contributed by atoms with Crippen molar-refractivity contribution in [2.75, 3.05) is 6.61 Å². The third-order valence-corrected chi connectivity index (χ3v) is 6.01. The maximum absolute atomic E-state index is 12.6. The minimum Gasteiger partial charge on any atom is -0.449 e.